The van der Waals surface area contributed by atoms with Crippen LogP contribution in [-0.2, 0) is 6.54 Å². The Morgan fingerprint density at radius 2 is 1.86 bits per heavy atom. The number of hydrogen-bond acceptors (Lipinski definition) is 7. The number of benzene rings is 2. The topological polar surface area (TPSA) is 109 Å². The molecule has 0 aliphatic carbocycles. The quantitative estimate of drug-likeness (QED) is 0.639. The number of hydrogen-bond donors (Lipinski definition) is 2. The molecule has 0 saturated carbocycles. The van der Waals surface area contributed by atoms with Gasteiger partial charge in [0.2, 0.25) is 0 Å². The highest BCUT2D eigenvalue weighted by molar-refractivity contribution is 5.92. The van der Waals surface area contributed by atoms with Crippen LogP contribution < -0.4 is 20.1 Å². The van der Waals surface area contributed by atoms with Crippen LogP contribution in [0.15, 0.2) is 54.6 Å². The zero-order chi connectivity index (χ0) is 20.6. The van der Waals surface area contributed by atoms with E-state index in [9.17, 15) is 4.79 Å². The maximum Gasteiger partial charge on any atom is 0.272 e. The monoisotopic (exact) mass is 389 g/mol. The summed E-state index contributed by atoms with van der Waals surface area (Å²) >= 11 is 0. The Bertz CT molecular complexity index is 1040. The second kappa shape index (κ2) is 9.19. The summed E-state index contributed by atoms with van der Waals surface area (Å²) in [5.74, 6) is 1.34. The molecule has 1 aromatic heterocycles. The fourth-order valence-electron chi connectivity index (χ4n) is 2.60. The number of aromatic nitrogens is 2. The first-order chi connectivity index (χ1) is 14.1. The zero-order valence-electron chi connectivity index (χ0n) is 16.0. The van der Waals surface area contributed by atoms with E-state index in [4.69, 9.17) is 14.7 Å². The highest BCUT2D eigenvalue weighted by atomic mass is 16.5. The van der Waals surface area contributed by atoms with Crippen molar-refractivity contribution >= 4 is 17.4 Å². The third kappa shape index (κ3) is 4.99. The molecule has 0 aliphatic heterocycles. The molecule has 3 rings (SSSR count). The Kier molecular flexibility index (Phi) is 6.22. The van der Waals surface area contributed by atoms with Crippen LogP contribution in [0.4, 0.5) is 11.5 Å². The molecule has 0 unspecified atom stereocenters. The van der Waals surface area contributed by atoms with E-state index >= 15 is 0 Å². The summed E-state index contributed by atoms with van der Waals surface area (Å²) in [6.45, 7) is 0.307. The van der Waals surface area contributed by atoms with Crippen LogP contribution in [0.25, 0.3) is 0 Å². The number of anilines is 2. The van der Waals surface area contributed by atoms with Gasteiger partial charge in [-0.25, -0.2) is 0 Å². The fourth-order valence-corrected chi connectivity index (χ4v) is 2.60. The number of nitrogens with zero attached hydrogens (tertiary/aromatic N) is 3. The molecule has 8 nitrogen and oxygen atoms in total. The van der Waals surface area contributed by atoms with Gasteiger partial charge in [0.15, 0.2) is 23.0 Å². The van der Waals surface area contributed by atoms with Crippen LogP contribution in [0.1, 0.15) is 21.6 Å². The van der Waals surface area contributed by atoms with Gasteiger partial charge in [-0.15, -0.1) is 10.2 Å². The van der Waals surface area contributed by atoms with Crippen molar-refractivity contribution in [2.75, 3.05) is 19.5 Å². The molecule has 146 valence electrons. The maximum atomic E-state index is 12.3. The molecule has 8 heteroatoms. The lowest BCUT2D eigenvalue weighted by atomic mass is 10.2. The van der Waals surface area contributed by atoms with Crippen molar-refractivity contribution in [2.24, 2.45) is 0 Å². The number of amides is 1. The lowest BCUT2D eigenvalue weighted by molar-refractivity contribution is 0.0945. The molecule has 0 spiro atoms. The van der Waals surface area contributed by atoms with E-state index in [1.165, 1.54) is 0 Å². The van der Waals surface area contributed by atoms with Gasteiger partial charge in [-0.05, 0) is 48.0 Å². The van der Waals surface area contributed by atoms with Gasteiger partial charge in [-0.1, -0.05) is 12.1 Å². The Labute approximate surface area is 168 Å². The Hall–Kier alpha value is -4.12. The summed E-state index contributed by atoms with van der Waals surface area (Å²) in [6, 6.07) is 17.7. The Morgan fingerprint density at radius 1 is 1.03 bits per heavy atom. The summed E-state index contributed by atoms with van der Waals surface area (Å²) in [5.41, 5.74) is 2.31. The predicted molar refractivity (Wildman–Crippen MR) is 107 cm³/mol. The van der Waals surface area contributed by atoms with E-state index in [1.54, 1.807) is 56.7 Å². The van der Waals surface area contributed by atoms with Crippen LogP contribution in [0, 0.1) is 11.3 Å². The number of rotatable bonds is 7. The normalized spacial score (nSPS) is 9.97. The van der Waals surface area contributed by atoms with Crippen LogP contribution in [0.5, 0.6) is 11.5 Å². The van der Waals surface area contributed by atoms with Crippen molar-refractivity contribution in [1.82, 2.24) is 15.5 Å². The second-order valence-corrected chi connectivity index (χ2v) is 5.99. The summed E-state index contributed by atoms with van der Waals surface area (Å²) in [7, 11) is 3.12. The number of nitriles is 1. The minimum absolute atomic E-state index is 0.196. The predicted octanol–water partition coefficient (Wildman–Crippen LogP) is 3.04. The Balaban J connectivity index is 1.61. The number of nitrogens with one attached hydrogen (secondary N) is 2. The summed E-state index contributed by atoms with van der Waals surface area (Å²) in [4.78, 5) is 12.3. The number of ether oxygens (including phenoxy) is 2. The van der Waals surface area contributed by atoms with Crippen molar-refractivity contribution in [3.8, 4) is 17.6 Å². The highest BCUT2D eigenvalue weighted by Crippen LogP contribution is 2.27. The van der Waals surface area contributed by atoms with Gasteiger partial charge in [-0.2, -0.15) is 5.26 Å². The standard InChI is InChI=1S/C21H19N5O3/c1-28-18-8-6-15(11-19(18)29-2)13-23-21(27)17-7-9-20(26-25-17)24-16-5-3-4-14(10-16)12-22/h3-11H,13H2,1-2H3,(H,23,27)(H,24,26). The minimum atomic E-state index is -0.342. The molecule has 0 saturated heterocycles. The number of carbonyl (C=O) groups is 1. The van der Waals surface area contributed by atoms with E-state index in [-0.39, 0.29) is 11.6 Å². The van der Waals surface area contributed by atoms with Crippen molar-refractivity contribution in [1.29, 1.82) is 5.26 Å². The van der Waals surface area contributed by atoms with Crippen LogP contribution >= 0.6 is 0 Å². The summed E-state index contributed by atoms with van der Waals surface area (Å²) in [6.07, 6.45) is 0. The van der Waals surface area contributed by atoms with Crippen LogP contribution in [0.2, 0.25) is 0 Å². The van der Waals surface area contributed by atoms with E-state index in [1.807, 2.05) is 12.1 Å². The van der Waals surface area contributed by atoms with Gasteiger partial charge in [0.25, 0.3) is 5.91 Å². The Morgan fingerprint density at radius 3 is 2.55 bits per heavy atom. The van der Waals surface area contributed by atoms with Crippen molar-refractivity contribution < 1.29 is 14.3 Å². The third-order valence-corrected chi connectivity index (χ3v) is 4.06. The van der Waals surface area contributed by atoms with Gasteiger partial charge in [0, 0.05) is 12.2 Å². The molecule has 0 radical (unpaired) electrons. The summed E-state index contributed by atoms with van der Waals surface area (Å²) in [5, 5.41) is 22.8. The molecule has 3 aromatic rings. The summed E-state index contributed by atoms with van der Waals surface area (Å²) < 4.78 is 10.5. The first-order valence-corrected chi connectivity index (χ1v) is 8.73. The SMILES string of the molecule is COc1ccc(CNC(=O)c2ccc(Nc3cccc(C#N)c3)nn2)cc1OC. The molecular weight excluding hydrogens is 370 g/mol. The second-order valence-electron chi connectivity index (χ2n) is 5.99. The lowest BCUT2D eigenvalue weighted by Crippen LogP contribution is -2.24. The maximum absolute atomic E-state index is 12.3. The molecule has 0 atom stereocenters. The van der Waals surface area contributed by atoms with Gasteiger partial charge < -0.3 is 20.1 Å². The number of carbonyl (C=O) groups excluding carboxylic acids is 1. The smallest absolute Gasteiger partial charge is 0.272 e. The van der Waals surface area contributed by atoms with Crippen LogP contribution in [0.3, 0.4) is 0 Å². The van der Waals surface area contributed by atoms with E-state index < -0.39 is 0 Å². The van der Waals surface area contributed by atoms with E-state index in [0.717, 1.165) is 5.56 Å². The van der Waals surface area contributed by atoms with Gasteiger partial charge in [0.05, 0.1) is 25.9 Å². The zero-order valence-corrected chi connectivity index (χ0v) is 16.0. The van der Waals surface area contributed by atoms with Gasteiger partial charge in [0.1, 0.15) is 0 Å². The number of methoxy groups -OCH3 is 2. The molecule has 0 bridgehead atoms. The molecular formula is C21H19N5O3. The van der Waals surface area contributed by atoms with Crippen LogP contribution in [-0.4, -0.2) is 30.3 Å². The molecule has 0 fully saturated rings. The third-order valence-electron chi connectivity index (χ3n) is 4.06. The van der Waals surface area contributed by atoms with Gasteiger partial charge in [-0.3, -0.25) is 4.79 Å². The van der Waals surface area contributed by atoms with Crippen molar-refractivity contribution in [3.63, 3.8) is 0 Å². The first-order valence-electron chi connectivity index (χ1n) is 8.73. The highest BCUT2D eigenvalue weighted by Gasteiger charge is 2.10. The molecule has 2 aromatic carbocycles. The average molecular weight is 389 g/mol. The average Bonchev–Trinajstić information content (AvgIpc) is 2.77. The van der Waals surface area contributed by atoms with Crippen molar-refractivity contribution in [2.45, 2.75) is 6.54 Å². The lowest BCUT2D eigenvalue weighted by Gasteiger charge is -2.10. The van der Waals surface area contributed by atoms with E-state index in [0.29, 0.717) is 35.1 Å². The molecule has 1 heterocycles. The van der Waals surface area contributed by atoms with Crippen molar-refractivity contribution in [3.05, 3.63) is 71.4 Å². The molecule has 2 N–H and O–H groups in total. The van der Waals surface area contributed by atoms with E-state index in [2.05, 4.69) is 26.9 Å². The van der Waals surface area contributed by atoms with Gasteiger partial charge >= 0.3 is 0 Å². The largest absolute Gasteiger partial charge is 0.493 e. The fraction of sp³-hybridized carbons (Fsp3) is 0.143. The minimum Gasteiger partial charge on any atom is -0.493 e. The molecule has 29 heavy (non-hydrogen) atoms. The first kappa shape index (κ1) is 19.6. The molecule has 1 amide bonds. The molecule has 0 aliphatic rings.